The van der Waals surface area contributed by atoms with E-state index in [9.17, 15) is 0 Å². The number of nitrogens with two attached hydrogens (primary N) is 1. The number of benzene rings is 1. The maximum atomic E-state index is 6.12. The summed E-state index contributed by atoms with van der Waals surface area (Å²) in [5.74, 6) is 2.48. The van der Waals surface area contributed by atoms with Crippen LogP contribution in [0.5, 0.6) is 5.75 Å². The van der Waals surface area contributed by atoms with Crippen molar-refractivity contribution in [3.05, 3.63) is 23.2 Å². The average molecular weight is 495 g/mol. The number of methoxy groups -OCH3 is 1. The molecule has 5 nitrogen and oxygen atoms in total. The third kappa shape index (κ3) is 7.88. The van der Waals surface area contributed by atoms with Gasteiger partial charge in [-0.05, 0) is 68.9 Å². The predicted octanol–water partition coefficient (Wildman–Crippen LogP) is 4.45. The summed E-state index contributed by atoms with van der Waals surface area (Å²) in [6.07, 6.45) is 3.68. The van der Waals surface area contributed by atoms with Gasteiger partial charge < -0.3 is 20.7 Å². The van der Waals surface area contributed by atoms with Crippen LogP contribution >= 0.6 is 35.6 Å². The first-order valence-electron chi connectivity index (χ1n) is 9.10. The molecule has 1 saturated heterocycles. The average Bonchev–Trinajstić information content (AvgIpc) is 2.59. The molecule has 1 aliphatic rings. The molecule has 0 atom stereocenters. The smallest absolute Gasteiger partial charge is 0.193 e. The van der Waals surface area contributed by atoms with E-state index in [0.29, 0.717) is 22.6 Å². The lowest BCUT2D eigenvalue weighted by atomic mass is 9.96. The quantitative estimate of drug-likeness (QED) is 0.334. The summed E-state index contributed by atoms with van der Waals surface area (Å²) in [4.78, 5) is 7.08. The molecule has 0 spiro atoms. The molecule has 1 aromatic rings. The second-order valence-corrected chi connectivity index (χ2v) is 7.57. The molecule has 26 heavy (non-hydrogen) atoms. The number of guanidine groups is 1. The Balaban J connectivity index is 0.00000338. The first-order chi connectivity index (χ1) is 12.0. The molecule has 1 fully saturated rings. The zero-order valence-electron chi connectivity index (χ0n) is 16.0. The van der Waals surface area contributed by atoms with Gasteiger partial charge in [0, 0.05) is 12.2 Å². The van der Waals surface area contributed by atoms with Crippen LogP contribution < -0.4 is 15.8 Å². The second kappa shape index (κ2) is 11.9. The summed E-state index contributed by atoms with van der Waals surface area (Å²) in [5, 5.41) is 3.64. The standard InChI is InChI=1S/C19H31ClN4O.HI/c1-14(2)6-9-24-10-7-15(8-11-24)13-22-19(21)23-16-4-5-18(25-3)17(20)12-16;/h4-5,12,14-15H,6-11,13H2,1-3H3,(H3,21,22,23);1H. The lowest BCUT2D eigenvalue weighted by Crippen LogP contribution is -2.36. The number of hydrogen-bond donors (Lipinski definition) is 2. The van der Waals surface area contributed by atoms with E-state index in [1.54, 1.807) is 13.2 Å². The summed E-state index contributed by atoms with van der Waals surface area (Å²) in [7, 11) is 1.60. The molecule has 148 valence electrons. The molecule has 1 aliphatic heterocycles. The summed E-state index contributed by atoms with van der Waals surface area (Å²) in [5.41, 5.74) is 6.82. The molecule has 7 heteroatoms. The van der Waals surface area contributed by atoms with Gasteiger partial charge >= 0.3 is 0 Å². The van der Waals surface area contributed by atoms with Crippen LogP contribution in [-0.2, 0) is 0 Å². The fraction of sp³-hybridized carbons (Fsp3) is 0.632. The van der Waals surface area contributed by atoms with Gasteiger partial charge in [0.05, 0.1) is 12.1 Å². The number of hydrogen-bond acceptors (Lipinski definition) is 3. The second-order valence-electron chi connectivity index (χ2n) is 7.17. The molecule has 0 aromatic heterocycles. The lowest BCUT2D eigenvalue weighted by molar-refractivity contribution is 0.180. The molecule has 0 amide bonds. The third-order valence-corrected chi connectivity index (χ3v) is 4.97. The maximum Gasteiger partial charge on any atom is 0.193 e. The van der Waals surface area contributed by atoms with Crippen LogP contribution in [0.15, 0.2) is 23.2 Å². The van der Waals surface area contributed by atoms with Crippen LogP contribution in [0.1, 0.15) is 33.1 Å². The highest BCUT2D eigenvalue weighted by Gasteiger charge is 2.18. The summed E-state index contributed by atoms with van der Waals surface area (Å²) < 4.78 is 5.15. The molecule has 0 saturated carbocycles. The summed E-state index contributed by atoms with van der Waals surface area (Å²) in [6, 6.07) is 5.47. The monoisotopic (exact) mass is 494 g/mol. The zero-order chi connectivity index (χ0) is 18.2. The highest BCUT2D eigenvalue weighted by atomic mass is 127. The molecule has 3 N–H and O–H groups in total. The van der Waals surface area contributed by atoms with Crippen molar-refractivity contribution in [2.24, 2.45) is 22.6 Å². The molecular weight excluding hydrogens is 463 g/mol. The molecule has 0 unspecified atom stereocenters. The van der Waals surface area contributed by atoms with E-state index in [0.717, 1.165) is 18.2 Å². The number of aliphatic imine (C=N–C) groups is 1. The van der Waals surface area contributed by atoms with Gasteiger partial charge in [0.15, 0.2) is 5.96 Å². The van der Waals surface area contributed by atoms with Gasteiger partial charge in [0.1, 0.15) is 5.75 Å². The van der Waals surface area contributed by atoms with Gasteiger partial charge in [-0.3, -0.25) is 4.99 Å². The van der Waals surface area contributed by atoms with Crippen LogP contribution in [0, 0.1) is 11.8 Å². The minimum absolute atomic E-state index is 0. The van der Waals surface area contributed by atoms with E-state index in [1.165, 1.54) is 38.9 Å². The van der Waals surface area contributed by atoms with Crippen molar-refractivity contribution >= 4 is 47.2 Å². The van der Waals surface area contributed by atoms with Crippen LogP contribution in [-0.4, -0.2) is 44.1 Å². The van der Waals surface area contributed by atoms with E-state index >= 15 is 0 Å². The van der Waals surface area contributed by atoms with E-state index in [-0.39, 0.29) is 24.0 Å². The Labute approximate surface area is 179 Å². The summed E-state index contributed by atoms with van der Waals surface area (Å²) >= 11 is 6.12. The number of likely N-dealkylation sites (tertiary alicyclic amines) is 1. The number of nitrogens with zero attached hydrogens (tertiary/aromatic N) is 2. The maximum absolute atomic E-state index is 6.12. The van der Waals surface area contributed by atoms with Crippen molar-refractivity contribution in [3.8, 4) is 5.75 Å². The predicted molar refractivity (Wildman–Crippen MR) is 122 cm³/mol. The number of piperidine rings is 1. The van der Waals surface area contributed by atoms with Gasteiger partial charge in [-0.1, -0.05) is 25.4 Å². The number of halogens is 2. The van der Waals surface area contributed by atoms with Crippen molar-refractivity contribution in [1.29, 1.82) is 0 Å². The van der Waals surface area contributed by atoms with Gasteiger partial charge in [0.25, 0.3) is 0 Å². The fourth-order valence-electron chi connectivity index (χ4n) is 2.99. The van der Waals surface area contributed by atoms with Crippen molar-refractivity contribution in [2.45, 2.75) is 33.1 Å². The minimum atomic E-state index is 0. The molecule has 2 rings (SSSR count). The Morgan fingerprint density at radius 3 is 2.65 bits per heavy atom. The van der Waals surface area contributed by atoms with Crippen molar-refractivity contribution in [3.63, 3.8) is 0 Å². The van der Waals surface area contributed by atoms with Gasteiger partial charge in [-0.15, -0.1) is 24.0 Å². The van der Waals surface area contributed by atoms with E-state index in [2.05, 4.69) is 29.1 Å². The van der Waals surface area contributed by atoms with Crippen LogP contribution in [0.25, 0.3) is 0 Å². The molecular formula is C19H32ClIN4O. The van der Waals surface area contributed by atoms with Gasteiger partial charge in [-0.25, -0.2) is 0 Å². The Morgan fingerprint density at radius 2 is 2.08 bits per heavy atom. The summed E-state index contributed by atoms with van der Waals surface area (Å²) in [6.45, 7) is 8.92. The number of rotatable bonds is 7. The SMILES string of the molecule is COc1ccc(NC(N)=NCC2CCN(CCC(C)C)CC2)cc1Cl.I. The van der Waals surface area contributed by atoms with Crippen LogP contribution in [0.3, 0.4) is 0 Å². The van der Waals surface area contributed by atoms with Crippen molar-refractivity contribution in [2.75, 3.05) is 38.6 Å². The number of nitrogens with one attached hydrogen (secondary N) is 1. The highest BCUT2D eigenvalue weighted by Crippen LogP contribution is 2.27. The van der Waals surface area contributed by atoms with Crippen LogP contribution in [0.2, 0.25) is 5.02 Å². The third-order valence-electron chi connectivity index (χ3n) is 4.67. The molecule has 0 bridgehead atoms. The van der Waals surface area contributed by atoms with Gasteiger partial charge in [0.2, 0.25) is 0 Å². The number of ether oxygens (including phenoxy) is 1. The number of anilines is 1. The van der Waals surface area contributed by atoms with E-state index < -0.39 is 0 Å². The van der Waals surface area contributed by atoms with Crippen molar-refractivity contribution < 1.29 is 4.74 Å². The Hall–Kier alpha value is -0.730. The molecule has 1 aromatic carbocycles. The largest absolute Gasteiger partial charge is 0.495 e. The van der Waals surface area contributed by atoms with Gasteiger partial charge in [-0.2, -0.15) is 0 Å². The topological polar surface area (TPSA) is 62.9 Å². The Morgan fingerprint density at radius 1 is 1.38 bits per heavy atom. The minimum Gasteiger partial charge on any atom is -0.495 e. The fourth-order valence-corrected chi connectivity index (χ4v) is 3.25. The molecule has 0 radical (unpaired) electrons. The first-order valence-corrected chi connectivity index (χ1v) is 9.48. The van der Waals surface area contributed by atoms with Crippen molar-refractivity contribution in [1.82, 2.24) is 4.90 Å². The lowest BCUT2D eigenvalue weighted by Gasteiger charge is -2.31. The zero-order valence-corrected chi connectivity index (χ0v) is 19.1. The molecule has 1 heterocycles. The van der Waals surface area contributed by atoms with E-state index in [1.807, 2.05) is 12.1 Å². The first kappa shape index (κ1) is 23.3. The highest BCUT2D eigenvalue weighted by molar-refractivity contribution is 14.0. The molecule has 0 aliphatic carbocycles. The van der Waals surface area contributed by atoms with Crippen LogP contribution in [0.4, 0.5) is 5.69 Å². The Bertz CT molecular complexity index is 575. The Kier molecular flexibility index (Phi) is 10.6. The van der Waals surface area contributed by atoms with E-state index in [4.69, 9.17) is 22.1 Å². The normalized spacial score (nSPS) is 16.4.